The van der Waals surface area contributed by atoms with Crippen molar-refractivity contribution in [2.45, 2.75) is 25.1 Å². The summed E-state index contributed by atoms with van der Waals surface area (Å²) in [5, 5.41) is 6.55. The van der Waals surface area contributed by atoms with Gasteiger partial charge < -0.3 is 16.4 Å². The normalized spacial score (nSPS) is 14.3. The van der Waals surface area contributed by atoms with Gasteiger partial charge in [0.2, 0.25) is 5.91 Å². The van der Waals surface area contributed by atoms with Crippen LogP contribution in [0.4, 0.5) is 24.1 Å². The number of fused-ring (bicyclic) bond motifs is 1. The second-order valence-electron chi connectivity index (χ2n) is 7.03. The summed E-state index contributed by atoms with van der Waals surface area (Å²) in [7, 11) is 0. The van der Waals surface area contributed by atoms with Gasteiger partial charge in [-0.25, -0.2) is 9.97 Å². The van der Waals surface area contributed by atoms with E-state index in [0.717, 1.165) is 33.7 Å². The van der Waals surface area contributed by atoms with Crippen molar-refractivity contribution in [3.63, 3.8) is 0 Å². The highest BCUT2D eigenvalue weighted by Crippen LogP contribution is 2.32. The Labute approximate surface area is 174 Å². The molecule has 1 aliphatic rings. The van der Waals surface area contributed by atoms with Crippen molar-refractivity contribution in [1.29, 1.82) is 0 Å². The van der Waals surface area contributed by atoms with E-state index < -0.39 is 11.7 Å². The van der Waals surface area contributed by atoms with Crippen LogP contribution in [0.15, 0.2) is 42.7 Å². The molecule has 0 fully saturated rings. The van der Waals surface area contributed by atoms with Crippen LogP contribution < -0.4 is 16.4 Å². The fourth-order valence-electron chi connectivity index (χ4n) is 3.15. The van der Waals surface area contributed by atoms with Gasteiger partial charge >= 0.3 is 6.18 Å². The van der Waals surface area contributed by atoms with Gasteiger partial charge in [-0.2, -0.15) is 13.2 Å². The molecular formula is C20H18F3N5OS. The summed E-state index contributed by atoms with van der Waals surface area (Å²) in [4.78, 5) is 21.0. The maximum Gasteiger partial charge on any atom is 0.416 e. The maximum absolute atomic E-state index is 12.6. The minimum Gasteiger partial charge on any atom is -0.360 e. The lowest BCUT2D eigenvalue weighted by Crippen LogP contribution is -2.31. The summed E-state index contributed by atoms with van der Waals surface area (Å²) in [5.74, 6) is 0.532. The number of benzene rings is 1. The maximum atomic E-state index is 12.6. The fraction of sp³-hybridized carbons (Fsp3) is 0.250. The average molecular weight is 433 g/mol. The first-order valence-electron chi connectivity index (χ1n) is 9.18. The molecule has 10 heteroatoms. The van der Waals surface area contributed by atoms with Crippen molar-refractivity contribution >= 4 is 28.2 Å². The Hall–Kier alpha value is -2.98. The smallest absolute Gasteiger partial charge is 0.360 e. The first-order chi connectivity index (χ1) is 14.3. The summed E-state index contributed by atoms with van der Waals surface area (Å²) in [6.07, 6.45) is -0.163. The predicted octanol–water partition coefficient (Wildman–Crippen LogP) is 3.70. The molecule has 4 rings (SSSR count). The monoisotopic (exact) mass is 433 g/mol. The lowest BCUT2D eigenvalue weighted by atomic mass is 10.0. The molecule has 6 nitrogen and oxygen atoms in total. The van der Waals surface area contributed by atoms with Crippen LogP contribution in [0.25, 0.3) is 10.4 Å². The third-order valence-corrected chi connectivity index (χ3v) is 5.66. The molecule has 1 aliphatic heterocycles. The van der Waals surface area contributed by atoms with Crippen LogP contribution in [0.2, 0.25) is 0 Å². The Morgan fingerprint density at radius 1 is 1.20 bits per heavy atom. The van der Waals surface area contributed by atoms with Gasteiger partial charge in [-0.05, 0) is 30.2 Å². The SMILES string of the molecule is N[C@@H](CNc1ncc(-c2cnc3c(c2)CC(=O)N3)s1)Cc1ccc(C(F)(F)F)cc1. The number of thiazole rings is 1. The molecule has 1 atom stereocenters. The number of carbonyl (C=O) groups excluding carboxylic acids is 1. The van der Waals surface area contributed by atoms with Crippen molar-refractivity contribution in [3.8, 4) is 10.4 Å². The number of nitrogens with one attached hydrogen (secondary N) is 2. The summed E-state index contributed by atoms with van der Waals surface area (Å²) in [6, 6.07) is 6.67. The number of anilines is 2. The molecule has 156 valence electrons. The Kier molecular flexibility index (Phi) is 5.44. The fourth-order valence-corrected chi connectivity index (χ4v) is 3.96. The number of hydrogen-bond donors (Lipinski definition) is 3. The summed E-state index contributed by atoms with van der Waals surface area (Å²) >= 11 is 1.44. The van der Waals surface area contributed by atoms with Gasteiger partial charge in [0.1, 0.15) is 5.82 Å². The number of amides is 1. The summed E-state index contributed by atoms with van der Waals surface area (Å²) in [5.41, 5.74) is 7.92. The molecule has 0 saturated carbocycles. The van der Waals surface area contributed by atoms with E-state index in [1.54, 1.807) is 12.4 Å². The Morgan fingerprint density at radius 3 is 2.70 bits per heavy atom. The molecule has 1 aromatic carbocycles. The number of pyridine rings is 1. The van der Waals surface area contributed by atoms with Crippen LogP contribution in [-0.4, -0.2) is 28.5 Å². The highest BCUT2D eigenvalue weighted by Gasteiger charge is 2.30. The Balaban J connectivity index is 1.33. The molecule has 0 unspecified atom stereocenters. The molecule has 0 radical (unpaired) electrons. The van der Waals surface area contributed by atoms with E-state index in [-0.39, 0.29) is 11.9 Å². The number of aromatic nitrogens is 2. The zero-order chi connectivity index (χ0) is 21.3. The van der Waals surface area contributed by atoms with Gasteiger partial charge in [0.05, 0.1) is 16.9 Å². The van der Waals surface area contributed by atoms with E-state index in [0.29, 0.717) is 30.3 Å². The van der Waals surface area contributed by atoms with Gasteiger partial charge in [0, 0.05) is 36.1 Å². The van der Waals surface area contributed by atoms with Crippen LogP contribution in [-0.2, 0) is 23.8 Å². The van der Waals surface area contributed by atoms with Crippen LogP contribution in [0.1, 0.15) is 16.7 Å². The predicted molar refractivity (Wildman–Crippen MR) is 109 cm³/mol. The van der Waals surface area contributed by atoms with Crippen molar-refractivity contribution in [1.82, 2.24) is 9.97 Å². The van der Waals surface area contributed by atoms with Crippen molar-refractivity contribution in [2.24, 2.45) is 5.73 Å². The quantitative estimate of drug-likeness (QED) is 0.551. The van der Waals surface area contributed by atoms with Crippen molar-refractivity contribution < 1.29 is 18.0 Å². The molecule has 4 N–H and O–H groups in total. The highest BCUT2D eigenvalue weighted by molar-refractivity contribution is 7.18. The number of nitrogens with two attached hydrogens (primary N) is 1. The van der Waals surface area contributed by atoms with E-state index >= 15 is 0 Å². The third-order valence-electron chi connectivity index (χ3n) is 4.66. The highest BCUT2D eigenvalue weighted by atomic mass is 32.1. The molecule has 0 bridgehead atoms. The first kappa shape index (κ1) is 20.3. The van der Waals surface area contributed by atoms with Gasteiger partial charge in [0.15, 0.2) is 5.13 Å². The minimum absolute atomic E-state index is 0.0663. The first-order valence-corrected chi connectivity index (χ1v) is 10.00. The van der Waals surface area contributed by atoms with Crippen molar-refractivity contribution in [2.75, 3.05) is 17.2 Å². The number of halogens is 3. The molecule has 3 aromatic rings. The van der Waals surface area contributed by atoms with Gasteiger partial charge in [-0.3, -0.25) is 4.79 Å². The number of alkyl halides is 3. The summed E-state index contributed by atoms with van der Waals surface area (Å²) in [6.45, 7) is 0.425. The molecule has 0 aliphatic carbocycles. The lowest BCUT2D eigenvalue weighted by molar-refractivity contribution is -0.137. The molecule has 1 amide bonds. The second-order valence-corrected chi connectivity index (χ2v) is 8.06. The van der Waals surface area contributed by atoms with Gasteiger partial charge in [-0.1, -0.05) is 23.5 Å². The molecule has 30 heavy (non-hydrogen) atoms. The lowest BCUT2D eigenvalue weighted by Gasteiger charge is -2.13. The zero-order valence-electron chi connectivity index (χ0n) is 15.7. The van der Waals surface area contributed by atoms with Crippen molar-refractivity contribution in [3.05, 3.63) is 59.4 Å². The minimum atomic E-state index is -4.34. The largest absolute Gasteiger partial charge is 0.416 e. The number of rotatable bonds is 6. The van der Waals surface area contributed by atoms with Crippen LogP contribution in [0.3, 0.4) is 0 Å². The Morgan fingerprint density at radius 2 is 1.97 bits per heavy atom. The third kappa shape index (κ3) is 4.60. The van der Waals surface area contributed by atoms with E-state index in [1.807, 2.05) is 6.07 Å². The molecular weight excluding hydrogens is 415 g/mol. The van der Waals surface area contributed by atoms with Crippen LogP contribution in [0.5, 0.6) is 0 Å². The number of hydrogen-bond acceptors (Lipinski definition) is 6. The zero-order valence-corrected chi connectivity index (χ0v) is 16.5. The van der Waals surface area contributed by atoms with E-state index in [1.165, 1.54) is 23.5 Å². The van der Waals surface area contributed by atoms with Crippen LogP contribution >= 0.6 is 11.3 Å². The molecule has 3 heterocycles. The van der Waals surface area contributed by atoms with E-state index in [2.05, 4.69) is 20.6 Å². The Bertz CT molecular complexity index is 1070. The topological polar surface area (TPSA) is 92.9 Å². The van der Waals surface area contributed by atoms with Gasteiger partial charge in [-0.15, -0.1) is 0 Å². The average Bonchev–Trinajstić information content (AvgIpc) is 3.31. The molecule has 0 saturated heterocycles. The molecule has 2 aromatic heterocycles. The second kappa shape index (κ2) is 8.04. The number of carbonyl (C=O) groups is 1. The van der Waals surface area contributed by atoms with Gasteiger partial charge in [0.25, 0.3) is 0 Å². The molecule has 0 spiro atoms. The van der Waals surface area contributed by atoms with Crippen LogP contribution in [0, 0.1) is 0 Å². The van der Waals surface area contributed by atoms with E-state index in [9.17, 15) is 18.0 Å². The van der Waals surface area contributed by atoms with E-state index in [4.69, 9.17) is 5.73 Å². The summed E-state index contributed by atoms with van der Waals surface area (Å²) < 4.78 is 37.9. The standard InChI is InChI=1S/C20H18F3N5OS/c21-20(22,23)14-3-1-11(2-4-14)5-15(24)9-26-19-27-10-16(30-19)13-6-12-7-17(29)28-18(12)25-8-13/h1-4,6,8,10,15H,5,7,9,24H2,(H,26,27)(H,25,28,29)/t15-/m1/s1. The number of nitrogens with zero attached hydrogens (tertiary/aromatic N) is 2.